The van der Waals surface area contributed by atoms with Gasteiger partial charge in [0.1, 0.15) is 12.6 Å². The van der Waals surface area contributed by atoms with Crippen LogP contribution in [0.1, 0.15) is 17.5 Å². The molecule has 2 aromatic rings. The van der Waals surface area contributed by atoms with Gasteiger partial charge in [0.25, 0.3) is 0 Å². The fourth-order valence-corrected chi connectivity index (χ4v) is 3.38. The minimum atomic E-state index is -0.866. The second-order valence-corrected chi connectivity index (χ2v) is 7.84. The van der Waals surface area contributed by atoms with Crippen molar-refractivity contribution in [1.29, 1.82) is 0 Å². The van der Waals surface area contributed by atoms with Crippen molar-refractivity contribution < 1.29 is 19.4 Å². The van der Waals surface area contributed by atoms with Crippen LogP contribution in [-0.2, 0) is 17.9 Å². The summed E-state index contributed by atoms with van der Waals surface area (Å²) < 4.78 is 11.4. The summed E-state index contributed by atoms with van der Waals surface area (Å²) in [5.74, 6) is 1.05. The van der Waals surface area contributed by atoms with Crippen LogP contribution in [0.4, 0.5) is 0 Å². The molecule has 0 saturated heterocycles. The highest BCUT2D eigenvalue weighted by atomic mass is 35.5. The highest BCUT2D eigenvalue weighted by Gasteiger charge is 2.18. The Balaban J connectivity index is 2.14. The summed E-state index contributed by atoms with van der Waals surface area (Å²) in [5, 5.41) is 13.4. The van der Waals surface area contributed by atoms with E-state index in [4.69, 9.17) is 32.7 Å². The predicted molar refractivity (Wildman–Crippen MR) is 115 cm³/mol. The first-order valence-corrected chi connectivity index (χ1v) is 10.8. The molecule has 2 aromatic carbocycles. The van der Waals surface area contributed by atoms with Gasteiger partial charge in [-0.25, -0.2) is 0 Å². The van der Waals surface area contributed by atoms with Crippen LogP contribution in [-0.4, -0.2) is 36.2 Å². The summed E-state index contributed by atoms with van der Waals surface area (Å²) >= 11 is 13.6. The first kappa shape index (κ1) is 22.7. The summed E-state index contributed by atoms with van der Waals surface area (Å²) in [4.78, 5) is 11.5. The van der Waals surface area contributed by atoms with Crippen LogP contribution in [0.15, 0.2) is 36.4 Å². The molecule has 0 aliphatic carbocycles. The van der Waals surface area contributed by atoms with Crippen LogP contribution in [0.2, 0.25) is 10.0 Å². The Morgan fingerprint density at radius 3 is 2.68 bits per heavy atom. The van der Waals surface area contributed by atoms with Crippen molar-refractivity contribution in [3.05, 3.63) is 57.6 Å². The molecule has 152 valence electrons. The van der Waals surface area contributed by atoms with E-state index in [1.807, 2.05) is 24.5 Å². The Morgan fingerprint density at radius 1 is 1.25 bits per heavy atom. The van der Waals surface area contributed by atoms with E-state index in [1.165, 1.54) is 0 Å². The van der Waals surface area contributed by atoms with Gasteiger partial charge < -0.3 is 19.9 Å². The Morgan fingerprint density at radius 2 is 2.04 bits per heavy atom. The lowest BCUT2D eigenvalue weighted by Gasteiger charge is -2.18. The highest BCUT2D eigenvalue weighted by Crippen LogP contribution is 2.32. The van der Waals surface area contributed by atoms with Crippen LogP contribution in [0, 0.1) is 0 Å². The first-order chi connectivity index (χ1) is 13.5. The normalized spacial score (nSPS) is 11.9. The SMILES string of the molecule is COc1cccc(CNC(CCSC)C(=O)O)c1OCc1ccc(Cl)c(Cl)c1. The molecule has 1 unspecified atom stereocenters. The van der Waals surface area contributed by atoms with E-state index in [-0.39, 0.29) is 6.61 Å². The average Bonchev–Trinajstić information content (AvgIpc) is 2.68. The molecule has 0 fully saturated rings. The monoisotopic (exact) mass is 443 g/mol. The van der Waals surface area contributed by atoms with E-state index in [9.17, 15) is 9.90 Å². The Kier molecular flexibility index (Phi) is 9.25. The molecule has 0 amide bonds. The summed E-state index contributed by atoms with van der Waals surface area (Å²) in [5.41, 5.74) is 1.68. The minimum Gasteiger partial charge on any atom is -0.493 e. The summed E-state index contributed by atoms with van der Waals surface area (Å²) in [6.45, 7) is 0.623. The number of hydrogen-bond acceptors (Lipinski definition) is 5. The summed E-state index contributed by atoms with van der Waals surface area (Å²) in [6, 6.07) is 10.2. The fourth-order valence-electron chi connectivity index (χ4n) is 2.59. The molecule has 28 heavy (non-hydrogen) atoms. The van der Waals surface area contributed by atoms with Gasteiger partial charge in [0, 0.05) is 12.1 Å². The lowest BCUT2D eigenvalue weighted by molar-refractivity contribution is -0.139. The number of hydrogen-bond donors (Lipinski definition) is 2. The zero-order chi connectivity index (χ0) is 20.5. The van der Waals surface area contributed by atoms with Crippen molar-refractivity contribution in [3.8, 4) is 11.5 Å². The van der Waals surface area contributed by atoms with E-state index < -0.39 is 12.0 Å². The van der Waals surface area contributed by atoms with Crippen molar-refractivity contribution in [1.82, 2.24) is 5.32 Å². The summed E-state index contributed by atoms with van der Waals surface area (Å²) in [6.07, 6.45) is 2.50. The van der Waals surface area contributed by atoms with Crippen molar-refractivity contribution >= 4 is 40.9 Å². The smallest absolute Gasteiger partial charge is 0.320 e. The van der Waals surface area contributed by atoms with Gasteiger partial charge in [0.2, 0.25) is 0 Å². The highest BCUT2D eigenvalue weighted by molar-refractivity contribution is 7.98. The van der Waals surface area contributed by atoms with Gasteiger partial charge in [-0.15, -0.1) is 0 Å². The van der Waals surface area contributed by atoms with E-state index >= 15 is 0 Å². The third-order valence-corrected chi connectivity index (χ3v) is 5.48. The number of para-hydroxylation sites is 1. The number of ether oxygens (including phenoxy) is 2. The molecule has 2 N–H and O–H groups in total. The molecular weight excluding hydrogens is 421 g/mol. The van der Waals surface area contributed by atoms with Crippen molar-refractivity contribution in [2.24, 2.45) is 0 Å². The number of carboxylic acids is 1. The van der Waals surface area contributed by atoms with Gasteiger partial charge in [-0.05, 0) is 42.2 Å². The number of aliphatic carboxylic acids is 1. The molecule has 0 aromatic heterocycles. The number of rotatable bonds is 11. The van der Waals surface area contributed by atoms with Crippen LogP contribution < -0.4 is 14.8 Å². The van der Waals surface area contributed by atoms with Crippen LogP contribution in [0.25, 0.3) is 0 Å². The topological polar surface area (TPSA) is 67.8 Å². The van der Waals surface area contributed by atoms with Crippen molar-refractivity contribution in [2.45, 2.75) is 25.6 Å². The van der Waals surface area contributed by atoms with E-state index in [2.05, 4.69) is 5.32 Å². The maximum Gasteiger partial charge on any atom is 0.320 e. The number of halogens is 2. The molecule has 0 saturated carbocycles. The fraction of sp³-hybridized carbons (Fsp3) is 0.350. The lowest BCUT2D eigenvalue weighted by atomic mass is 10.1. The molecule has 0 bridgehead atoms. The van der Waals surface area contributed by atoms with E-state index in [0.29, 0.717) is 34.5 Å². The molecule has 1 atom stereocenters. The summed E-state index contributed by atoms with van der Waals surface area (Å²) in [7, 11) is 1.57. The number of methoxy groups -OCH3 is 1. The number of carbonyl (C=O) groups is 1. The minimum absolute atomic E-state index is 0.277. The Bertz CT molecular complexity index is 804. The van der Waals surface area contributed by atoms with Gasteiger partial charge in [0.15, 0.2) is 11.5 Å². The maximum atomic E-state index is 11.5. The maximum absolute atomic E-state index is 11.5. The van der Waals surface area contributed by atoms with Crippen molar-refractivity contribution in [2.75, 3.05) is 19.1 Å². The number of benzene rings is 2. The zero-order valence-corrected chi connectivity index (χ0v) is 18.0. The number of thioether (sulfide) groups is 1. The Labute approximate surface area is 179 Å². The standard InChI is InChI=1S/C20H23Cl2NO4S/c1-26-18-5-3-4-14(11-23-17(20(24)25)8-9-28-2)19(18)27-12-13-6-7-15(21)16(22)10-13/h3-7,10,17,23H,8-9,11-12H2,1-2H3,(H,24,25). The quantitative estimate of drug-likeness (QED) is 0.515. The molecule has 8 heteroatoms. The molecule has 2 rings (SSSR count). The molecule has 0 spiro atoms. The van der Waals surface area contributed by atoms with Crippen LogP contribution in [0.5, 0.6) is 11.5 Å². The third-order valence-electron chi connectivity index (χ3n) is 4.10. The van der Waals surface area contributed by atoms with Gasteiger partial charge in [-0.3, -0.25) is 4.79 Å². The largest absolute Gasteiger partial charge is 0.493 e. The van der Waals surface area contributed by atoms with Gasteiger partial charge >= 0.3 is 5.97 Å². The van der Waals surface area contributed by atoms with Crippen LogP contribution in [0.3, 0.4) is 0 Å². The predicted octanol–water partition coefficient (Wildman–Crippen LogP) is 4.88. The molecule has 5 nitrogen and oxygen atoms in total. The first-order valence-electron chi connectivity index (χ1n) is 8.64. The second kappa shape index (κ2) is 11.4. The van der Waals surface area contributed by atoms with Gasteiger partial charge in [-0.2, -0.15) is 11.8 Å². The second-order valence-electron chi connectivity index (χ2n) is 6.04. The number of carboxylic acid groups (broad SMARTS) is 1. The molecule has 0 heterocycles. The van der Waals surface area contributed by atoms with Crippen molar-refractivity contribution in [3.63, 3.8) is 0 Å². The molecule has 0 radical (unpaired) electrons. The van der Waals surface area contributed by atoms with Crippen LogP contribution >= 0.6 is 35.0 Å². The van der Waals surface area contributed by atoms with E-state index in [0.717, 1.165) is 16.9 Å². The van der Waals surface area contributed by atoms with Gasteiger partial charge in [-0.1, -0.05) is 41.4 Å². The Hall–Kier alpha value is -1.60. The number of nitrogens with one attached hydrogen (secondary N) is 1. The van der Waals surface area contributed by atoms with Gasteiger partial charge in [0.05, 0.1) is 17.2 Å². The zero-order valence-electron chi connectivity index (χ0n) is 15.7. The lowest BCUT2D eigenvalue weighted by Crippen LogP contribution is -2.36. The molecule has 0 aliphatic heterocycles. The van der Waals surface area contributed by atoms with E-state index in [1.54, 1.807) is 37.1 Å². The average molecular weight is 444 g/mol. The molecular formula is C20H23Cl2NO4S. The third kappa shape index (κ3) is 6.48. The molecule has 0 aliphatic rings.